The number of hydrogen-bond donors (Lipinski definition) is 1. The van der Waals surface area contributed by atoms with Crippen molar-refractivity contribution in [3.63, 3.8) is 0 Å². The third-order valence-electron chi connectivity index (χ3n) is 3.59. The molecule has 2 aromatic carbocycles. The minimum Gasteiger partial charge on any atom is -0.352 e. The molecular weight excluding hydrogens is 306 g/mol. The number of rotatable bonds is 5. The normalized spacial score (nSPS) is 10.6. The number of benzene rings is 2. The Labute approximate surface area is 153 Å². The smallest absolute Gasteiger partial charge is 0.224 e. The van der Waals surface area contributed by atoms with Gasteiger partial charge in [0.2, 0.25) is 5.91 Å². The van der Waals surface area contributed by atoms with Crippen LogP contribution in [-0.4, -0.2) is 5.91 Å². The molecule has 0 radical (unpaired) electrons. The first-order valence-electron chi connectivity index (χ1n) is 8.67. The maximum absolute atomic E-state index is 11.8. The Morgan fingerprint density at radius 2 is 1.28 bits per heavy atom. The Bertz CT molecular complexity index is 675. The molecule has 25 heavy (non-hydrogen) atoms. The second-order valence-electron chi connectivity index (χ2n) is 5.98. The van der Waals surface area contributed by atoms with Crippen LogP contribution in [0, 0.1) is 13.8 Å². The average Bonchev–Trinajstić information content (AvgIpc) is 2.62. The van der Waals surface area contributed by atoms with Crippen molar-refractivity contribution in [2.24, 2.45) is 0 Å². The molecule has 0 aliphatic rings. The quantitative estimate of drug-likeness (QED) is 0.712. The van der Waals surface area contributed by atoms with Gasteiger partial charge in [-0.1, -0.05) is 84.0 Å². The van der Waals surface area contributed by atoms with Crippen molar-refractivity contribution in [3.8, 4) is 0 Å². The molecule has 0 heterocycles. The number of carbonyl (C=O) groups excluding carboxylic acids is 1. The van der Waals surface area contributed by atoms with Gasteiger partial charge in [-0.3, -0.25) is 4.79 Å². The van der Waals surface area contributed by atoms with Gasteiger partial charge in [-0.25, -0.2) is 0 Å². The second-order valence-corrected chi connectivity index (χ2v) is 5.98. The molecule has 1 amide bonds. The van der Waals surface area contributed by atoms with Crippen molar-refractivity contribution in [2.75, 3.05) is 0 Å². The topological polar surface area (TPSA) is 29.1 Å². The number of allylic oxidation sites excluding steroid dienone is 4. The van der Waals surface area contributed by atoms with Crippen LogP contribution in [0.15, 0.2) is 72.8 Å². The van der Waals surface area contributed by atoms with E-state index in [1.807, 2.05) is 81.5 Å². The van der Waals surface area contributed by atoms with Gasteiger partial charge in [-0.05, 0) is 38.8 Å². The summed E-state index contributed by atoms with van der Waals surface area (Å²) in [5.74, 6) is 0.0597. The zero-order valence-electron chi connectivity index (χ0n) is 15.8. The van der Waals surface area contributed by atoms with Crippen LogP contribution in [-0.2, 0) is 17.8 Å². The molecule has 2 heteroatoms. The summed E-state index contributed by atoms with van der Waals surface area (Å²) in [6, 6.07) is 16.3. The van der Waals surface area contributed by atoms with Crippen LogP contribution in [0.5, 0.6) is 0 Å². The third kappa shape index (κ3) is 9.31. The first-order valence-corrected chi connectivity index (χ1v) is 8.67. The molecule has 0 aliphatic carbocycles. The van der Waals surface area contributed by atoms with Gasteiger partial charge in [0, 0.05) is 7.97 Å². The van der Waals surface area contributed by atoms with E-state index in [2.05, 4.69) is 24.4 Å². The summed E-state index contributed by atoms with van der Waals surface area (Å²) in [5.41, 5.74) is 4.62. The first-order chi connectivity index (χ1) is 12.0. The Morgan fingerprint density at radius 1 is 0.840 bits per heavy atom. The molecule has 2 rings (SSSR count). The molecule has 0 fully saturated rings. The molecule has 0 unspecified atom stereocenters. The number of hydrogen-bond acceptors (Lipinski definition) is 1. The molecule has 0 saturated heterocycles. The van der Waals surface area contributed by atoms with Crippen molar-refractivity contribution in [1.82, 2.24) is 5.32 Å². The molecule has 2 nitrogen and oxygen atoms in total. The standard InChI is InChI=1S/C17H19NO.C6H10.H2/c1-13-3-7-15(8-4-13)11-17(19)18-12-16-9-5-14(2)6-10-16;1-3-5-6-4-2;/h3-10H,11-12H2,1-2H3,(H,18,19);3-6H,1-2H3;1H/b;5-3-,6-4-;. The molecule has 134 valence electrons. The van der Waals surface area contributed by atoms with E-state index in [1.54, 1.807) is 0 Å². The third-order valence-corrected chi connectivity index (χ3v) is 3.59. The fourth-order valence-electron chi connectivity index (χ4n) is 2.08. The van der Waals surface area contributed by atoms with E-state index < -0.39 is 0 Å². The van der Waals surface area contributed by atoms with Crippen LogP contribution in [0.25, 0.3) is 0 Å². The van der Waals surface area contributed by atoms with Crippen LogP contribution >= 0.6 is 0 Å². The number of nitrogens with one attached hydrogen (secondary N) is 1. The van der Waals surface area contributed by atoms with Crippen LogP contribution in [0.4, 0.5) is 0 Å². The van der Waals surface area contributed by atoms with E-state index >= 15 is 0 Å². The van der Waals surface area contributed by atoms with Gasteiger partial charge in [0.05, 0.1) is 6.42 Å². The first kappa shape index (κ1) is 20.4. The van der Waals surface area contributed by atoms with Gasteiger partial charge in [-0.15, -0.1) is 0 Å². The summed E-state index contributed by atoms with van der Waals surface area (Å²) < 4.78 is 0. The van der Waals surface area contributed by atoms with Crippen LogP contribution in [0.1, 0.15) is 37.5 Å². The van der Waals surface area contributed by atoms with Gasteiger partial charge in [0.1, 0.15) is 0 Å². The molecule has 2 aromatic rings. The van der Waals surface area contributed by atoms with E-state index in [4.69, 9.17) is 0 Å². The Balaban J connectivity index is 0.000000777. The van der Waals surface area contributed by atoms with E-state index in [1.165, 1.54) is 11.1 Å². The van der Waals surface area contributed by atoms with Crippen molar-refractivity contribution >= 4 is 5.91 Å². The van der Waals surface area contributed by atoms with Gasteiger partial charge in [-0.2, -0.15) is 0 Å². The second kappa shape index (κ2) is 11.9. The predicted octanol–water partition coefficient (Wildman–Crippen LogP) is 5.55. The summed E-state index contributed by atoms with van der Waals surface area (Å²) in [6.45, 7) is 8.69. The van der Waals surface area contributed by atoms with E-state index in [0.29, 0.717) is 13.0 Å². The van der Waals surface area contributed by atoms with Crippen molar-refractivity contribution in [2.45, 2.75) is 40.7 Å². The zero-order chi connectivity index (χ0) is 18.5. The average molecular weight is 338 g/mol. The van der Waals surface area contributed by atoms with Gasteiger partial charge < -0.3 is 5.32 Å². The summed E-state index contributed by atoms with van der Waals surface area (Å²) in [5, 5.41) is 2.94. The Morgan fingerprint density at radius 3 is 1.72 bits per heavy atom. The summed E-state index contributed by atoms with van der Waals surface area (Å²) >= 11 is 0. The lowest BCUT2D eigenvalue weighted by Crippen LogP contribution is -2.24. The summed E-state index contributed by atoms with van der Waals surface area (Å²) in [4.78, 5) is 11.8. The van der Waals surface area contributed by atoms with Crippen molar-refractivity contribution in [1.29, 1.82) is 0 Å². The van der Waals surface area contributed by atoms with E-state index in [0.717, 1.165) is 11.1 Å². The zero-order valence-corrected chi connectivity index (χ0v) is 15.8. The highest BCUT2D eigenvalue weighted by Crippen LogP contribution is 2.05. The molecule has 0 spiro atoms. The number of amides is 1. The SMILES string of the molecule is C/C=C\C=C/C.Cc1ccc(CNC(=O)Cc2ccc(C)cc2)cc1.[HH]. The minimum absolute atomic E-state index is 0. The predicted molar refractivity (Wildman–Crippen MR) is 110 cm³/mol. The monoisotopic (exact) mass is 337 g/mol. The highest BCUT2D eigenvalue weighted by Gasteiger charge is 2.03. The Hall–Kier alpha value is -2.61. The number of carbonyl (C=O) groups is 1. The highest BCUT2D eigenvalue weighted by molar-refractivity contribution is 5.78. The van der Waals surface area contributed by atoms with Crippen LogP contribution < -0.4 is 5.32 Å². The minimum atomic E-state index is 0. The molecule has 0 aliphatic heterocycles. The lowest BCUT2D eigenvalue weighted by molar-refractivity contribution is -0.120. The van der Waals surface area contributed by atoms with E-state index in [-0.39, 0.29) is 7.33 Å². The summed E-state index contributed by atoms with van der Waals surface area (Å²) in [7, 11) is 0. The molecule has 0 saturated carbocycles. The largest absolute Gasteiger partial charge is 0.352 e. The van der Waals surface area contributed by atoms with Crippen molar-refractivity contribution in [3.05, 3.63) is 95.1 Å². The lowest BCUT2D eigenvalue weighted by atomic mass is 10.1. The summed E-state index contributed by atoms with van der Waals surface area (Å²) in [6.07, 6.45) is 8.44. The molecule has 0 aromatic heterocycles. The molecule has 0 bridgehead atoms. The van der Waals surface area contributed by atoms with Crippen LogP contribution in [0.3, 0.4) is 0 Å². The van der Waals surface area contributed by atoms with Gasteiger partial charge in [0.15, 0.2) is 0 Å². The van der Waals surface area contributed by atoms with Gasteiger partial charge in [0.25, 0.3) is 0 Å². The molecular formula is C23H31NO. The maximum atomic E-state index is 11.8. The lowest BCUT2D eigenvalue weighted by Gasteiger charge is -2.06. The molecule has 0 atom stereocenters. The fourth-order valence-corrected chi connectivity index (χ4v) is 2.08. The highest BCUT2D eigenvalue weighted by atomic mass is 16.1. The van der Waals surface area contributed by atoms with Crippen LogP contribution in [0.2, 0.25) is 0 Å². The van der Waals surface area contributed by atoms with Crippen molar-refractivity contribution < 1.29 is 6.22 Å². The molecule has 1 N–H and O–H groups in total. The maximum Gasteiger partial charge on any atom is 0.224 e. The number of aryl methyl sites for hydroxylation is 2. The van der Waals surface area contributed by atoms with E-state index in [9.17, 15) is 4.79 Å². The van der Waals surface area contributed by atoms with Gasteiger partial charge >= 0.3 is 0 Å². The Kier molecular flexibility index (Phi) is 9.69. The fraction of sp³-hybridized carbons (Fsp3) is 0.261.